The van der Waals surface area contributed by atoms with Crippen molar-refractivity contribution in [2.75, 3.05) is 11.9 Å². The maximum Gasteiger partial charge on any atom is 0.255 e. The van der Waals surface area contributed by atoms with Crippen LogP contribution in [0.4, 0.5) is 5.69 Å². The third-order valence-electron chi connectivity index (χ3n) is 4.33. The van der Waals surface area contributed by atoms with E-state index < -0.39 is 0 Å². The van der Waals surface area contributed by atoms with Crippen LogP contribution in [0.1, 0.15) is 35.2 Å². The number of carbonyl (C=O) groups excluding carboxylic acids is 4. The number of carbonyl (C=O) groups is 4. The predicted molar refractivity (Wildman–Crippen MR) is 101 cm³/mol. The first-order valence-electron chi connectivity index (χ1n) is 8.93. The summed E-state index contributed by atoms with van der Waals surface area (Å²) in [5.74, 6) is -0.951. The highest BCUT2D eigenvalue weighted by Gasteiger charge is 2.28. The summed E-state index contributed by atoms with van der Waals surface area (Å²) in [6.45, 7) is 0.380. The van der Waals surface area contributed by atoms with E-state index in [0.29, 0.717) is 11.3 Å². The van der Waals surface area contributed by atoms with Crippen LogP contribution in [-0.2, 0) is 20.9 Å². The molecule has 0 aliphatic carbocycles. The first-order chi connectivity index (χ1) is 13.5. The van der Waals surface area contributed by atoms with Gasteiger partial charge in [-0.25, -0.2) is 0 Å². The molecule has 1 aliphatic rings. The highest BCUT2D eigenvalue weighted by atomic mass is 16.2. The molecule has 0 atom stereocenters. The number of nitrogens with zero attached hydrogens (tertiary/aromatic N) is 2. The zero-order valence-electron chi connectivity index (χ0n) is 15.2. The van der Waals surface area contributed by atoms with E-state index in [1.54, 1.807) is 42.7 Å². The Morgan fingerprint density at radius 2 is 1.75 bits per heavy atom. The second-order valence-electron chi connectivity index (χ2n) is 6.36. The number of nitrogens with one attached hydrogen (secondary N) is 2. The van der Waals surface area contributed by atoms with Crippen molar-refractivity contribution < 1.29 is 19.2 Å². The maximum atomic E-state index is 12.2. The Balaban J connectivity index is 1.49. The first-order valence-corrected chi connectivity index (χ1v) is 8.93. The lowest BCUT2D eigenvalue weighted by atomic mass is 10.2. The van der Waals surface area contributed by atoms with Gasteiger partial charge in [-0.3, -0.25) is 29.1 Å². The SMILES string of the molecule is O=C(CCN1C(=O)CCC1=O)NCc1cccc(NC(=O)c2ccncc2)c1. The van der Waals surface area contributed by atoms with Crippen LogP contribution in [0.25, 0.3) is 0 Å². The van der Waals surface area contributed by atoms with Crippen molar-refractivity contribution in [1.82, 2.24) is 15.2 Å². The molecule has 8 heteroatoms. The van der Waals surface area contributed by atoms with Crippen LogP contribution in [0.15, 0.2) is 48.8 Å². The molecule has 1 fully saturated rings. The van der Waals surface area contributed by atoms with Gasteiger partial charge in [0.05, 0.1) is 0 Å². The van der Waals surface area contributed by atoms with Crippen molar-refractivity contribution in [2.24, 2.45) is 0 Å². The number of aromatic nitrogens is 1. The van der Waals surface area contributed by atoms with Gasteiger partial charge in [0.1, 0.15) is 0 Å². The Bertz CT molecular complexity index is 882. The van der Waals surface area contributed by atoms with Gasteiger partial charge in [-0.05, 0) is 29.8 Å². The minimum atomic E-state index is -0.251. The Morgan fingerprint density at radius 1 is 1.04 bits per heavy atom. The van der Waals surface area contributed by atoms with Gasteiger partial charge in [-0.15, -0.1) is 0 Å². The number of pyridine rings is 1. The van der Waals surface area contributed by atoms with Gasteiger partial charge in [0.25, 0.3) is 5.91 Å². The summed E-state index contributed by atoms with van der Waals surface area (Å²) in [5, 5.41) is 5.55. The smallest absolute Gasteiger partial charge is 0.255 e. The lowest BCUT2D eigenvalue weighted by Crippen LogP contribution is -2.34. The molecule has 1 aliphatic heterocycles. The van der Waals surface area contributed by atoms with Crippen molar-refractivity contribution in [3.63, 3.8) is 0 Å². The highest BCUT2D eigenvalue weighted by molar-refractivity contribution is 6.04. The summed E-state index contributed by atoms with van der Waals surface area (Å²) >= 11 is 0. The summed E-state index contributed by atoms with van der Waals surface area (Å²) in [6.07, 6.45) is 3.60. The average Bonchev–Trinajstić information content (AvgIpc) is 3.03. The molecule has 1 aromatic heterocycles. The van der Waals surface area contributed by atoms with E-state index >= 15 is 0 Å². The number of amides is 4. The van der Waals surface area contributed by atoms with Gasteiger partial charge >= 0.3 is 0 Å². The molecule has 0 unspecified atom stereocenters. The normalized spacial score (nSPS) is 13.5. The third kappa shape index (κ3) is 5.00. The van der Waals surface area contributed by atoms with E-state index in [-0.39, 0.29) is 56.0 Å². The molecule has 144 valence electrons. The summed E-state index contributed by atoms with van der Waals surface area (Å²) in [4.78, 5) is 52.3. The van der Waals surface area contributed by atoms with Gasteiger partial charge < -0.3 is 10.6 Å². The second-order valence-corrected chi connectivity index (χ2v) is 6.36. The van der Waals surface area contributed by atoms with Crippen molar-refractivity contribution in [3.05, 3.63) is 59.9 Å². The van der Waals surface area contributed by atoms with Crippen molar-refractivity contribution >= 4 is 29.3 Å². The number of hydrogen-bond acceptors (Lipinski definition) is 5. The molecule has 1 aromatic carbocycles. The molecular formula is C20H20N4O4. The van der Waals surface area contributed by atoms with Crippen LogP contribution in [0, 0.1) is 0 Å². The number of anilines is 1. The van der Waals surface area contributed by atoms with E-state index in [0.717, 1.165) is 10.5 Å². The number of likely N-dealkylation sites (tertiary alicyclic amines) is 1. The summed E-state index contributed by atoms with van der Waals surface area (Å²) in [5.41, 5.74) is 1.93. The fraction of sp³-hybridized carbons (Fsp3) is 0.250. The Hall–Kier alpha value is -3.55. The molecule has 2 heterocycles. The maximum absolute atomic E-state index is 12.2. The number of hydrogen-bond donors (Lipinski definition) is 2. The van der Waals surface area contributed by atoms with Gasteiger partial charge in [-0.2, -0.15) is 0 Å². The lowest BCUT2D eigenvalue weighted by molar-refractivity contribution is -0.138. The van der Waals surface area contributed by atoms with E-state index in [1.807, 2.05) is 6.07 Å². The zero-order chi connectivity index (χ0) is 19.9. The van der Waals surface area contributed by atoms with E-state index in [2.05, 4.69) is 15.6 Å². The lowest BCUT2D eigenvalue weighted by Gasteiger charge is -2.13. The molecule has 0 bridgehead atoms. The minimum Gasteiger partial charge on any atom is -0.352 e. The summed E-state index contributed by atoms with van der Waals surface area (Å²) in [6, 6.07) is 10.4. The monoisotopic (exact) mass is 380 g/mol. The predicted octanol–water partition coefficient (Wildman–Crippen LogP) is 1.49. The van der Waals surface area contributed by atoms with Gasteiger partial charge in [-0.1, -0.05) is 12.1 Å². The fourth-order valence-corrected chi connectivity index (χ4v) is 2.84. The highest BCUT2D eigenvalue weighted by Crippen LogP contribution is 2.13. The largest absolute Gasteiger partial charge is 0.352 e. The van der Waals surface area contributed by atoms with Crippen LogP contribution in [0.3, 0.4) is 0 Å². The third-order valence-corrected chi connectivity index (χ3v) is 4.33. The summed E-state index contributed by atoms with van der Waals surface area (Å²) in [7, 11) is 0. The first kappa shape index (κ1) is 19.2. The van der Waals surface area contributed by atoms with Crippen LogP contribution in [0.5, 0.6) is 0 Å². The number of rotatable bonds is 7. The fourth-order valence-electron chi connectivity index (χ4n) is 2.84. The standard InChI is InChI=1S/C20H20N4O4/c25-17(8-11-24-18(26)4-5-19(24)27)22-13-14-2-1-3-16(12-14)23-20(28)15-6-9-21-10-7-15/h1-3,6-7,9-10,12H,4-5,8,11,13H2,(H,22,25)(H,23,28). The van der Waals surface area contributed by atoms with Crippen LogP contribution in [-0.4, -0.2) is 40.1 Å². The molecule has 4 amide bonds. The average molecular weight is 380 g/mol. The summed E-state index contributed by atoms with van der Waals surface area (Å²) < 4.78 is 0. The molecule has 2 N–H and O–H groups in total. The van der Waals surface area contributed by atoms with Crippen molar-refractivity contribution in [1.29, 1.82) is 0 Å². The quantitative estimate of drug-likeness (QED) is 0.708. The molecule has 0 radical (unpaired) electrons. The topological polar surface area (TPSA) is 108 Å². The number of imide groups is 1. The molecule has 28 heavy (non-hydrogen) atoms. The van der Waals surface area contributed by atoms with Crippen LogP contribution >= 0.6 is 0 Å². The van der Waals surface area contributed by atoms with Gasteiger partial charge in [0, 0.05) is 56.0 Å². The van der Waals surface area contributed by atoms with Gasteiger partial charge in [0.2, 0.25) is 17.7 Å². The molecule has 2 aromatic rings. The van der Waals surface area contributed by atoms with Crippen LogP contribution in [0.2, 0.25) is 0 Å². The van der Waals surface area contributed by atoms with Crippen molar-refractivity contribution in [3.8, 4) is 0 Å². The van der Waals surface area contributed by atoms with Crippen molar-refractivity contribution in [2.45, 2.75) is 25.8 Å². The molecule has 0 saturated carbocycles. The number of benzene rings is 1. The van der Waals surface area contributed by atoms with E-state index in [4.69, 9.17) is 0 Å². The Labute approximate surface area is 161 Å². The van der Waals surface area contributed by atoms with E-state index in [9.17, 15) is 19.2 Å². The second kappa shape index (κ2) is 8.90. The van der Waals surface area contributed by atoms with Crippen LogP contribution < -0.4 is 10.6 Å². The van der Waals surface area contributed by atoms with E-state index in [1.165, 1.54) is 0 Å². The molecule has 0 spiro atoms. The molecule has 1 saturated heterocycles. The molecule has 3 rings (SSSR count). The Morgan fingerprint density at radius 3 is 2.46 bits per heavy atom. The minimum absolute atomic E-state index is 0.0654. The van der Waals surface area contributed by atoms with Gasteiger partial charge in [0.15, 0.2) is 0 Å². The molecule has 8 nitrogen and oxygen atoms in total. The zero-order valence-corrected chi connectivity index (χ0v) is 15.2. The molecular weight excluding hydrogens is 360 g/mol. The Kier molecular flexibility index (Phi) is 6.11.